The molecule has 4 heteroatoms. The number of carbonyl (C=O) groups excluding carboxylic acids is 1. The van der Waals surface area contributed by atoms with E-state index in [-0.39, 0.29) is 16.7 Å². The van der Waals surface area contributed by atoms with E-state index in [9.17, 15) is 4.79 Å². The fourth-order valence-electron chi connectivity index (χ4n) is 2.54. The molecule has 0 radical (unpaired) electrons. The maximum Gasteiger partial charge on any atom is 0.221 e. The van der Waals surface area contributed by atoms with Gasteiger partial charge in [-0.25, -0.2) is 0 Å². The van der Waals surface area contributed by atoms with E-state index in [1.807, 2.05) is 48.2 Å². The van der Waals surface area contributed by atoms with Gasteiger partial charge in [-0.15, -0.1) is 11.8 Å². The minimum Gasteiger partial charge on any atom is -0.355 e. The van der Waals surface area contributed by atoms with Crippen LogP contribution in [0.3, 0.4) is 0 Å². The molecule has 1 unspecified atom stereocenters. The highest BCUT2D eigenvalue weighted by molar-refractivity contribution is 8.01. The van der Waals surface area contributed by atoms with Gasteiger partial charge in [0.1, 0.15) is 0 Å². The topological polar surface area (TPSA) is 55.1 Å². The summed E-state index contributed by atoms with van der Waals surface area (Å²) >= 11 is 1.87. The molecule has 0 heterocycles. The van der Waals surface area contributed by atoms with E-state index in [0.29, 0.717) is 13.0 Å². The van der Waals surface area contributed by atoms with Gasteiger partial charge in [0.25, 0.3) is 0 Å². The van der Waals surface area contributed by atoms with Crippen LogP contribution in [-0.4, -0.2) is 17.2 Å². The van der Waals surface area contributed by atoms with Crippen LogP contribution in [-0.2, 0) is 4.79 Å². The lowest BCUT2D eigenvalue weighted by Crippen LogP contribution is -2.33. The van der Waals surface area contributed by atoms with Gasteiger partial charge in [0, 0.05) is 28.6 Å². The Bertz CT molecular complexity index is 641. The molecule has 1 atom stereocenters. The number of nitrogens with two attached hydrogens (primary N) is 1. The van der Waals surface area contributed by atoms with E-state index in [1.54, 1.807) is 0 Å². The van der Waals surface area contributed by atoms with Crippen LogP contribution < -0.4 is 11.1 Å². The van der Waals surface area contributed by atoms with Crippen LogP contribution in [0.5, 0.6) is 0 Å². The number of nitrogens with one attached hydrogen (secondary N) is 1. The Morgan fingerprint density at radius 1 is 1.09 bits per heavy atom. The van der Waals surface area contributed by atoms with E-state index in [1.165, 1.54) is 4.90 Å². The zero-order valence-electron chi connectivity index (χ0n) is 13.1. The lowest BCUT2D eigenvalue weighted by Gasteiger charge is -2.17. The normalized spacial score (nSPS) is 16.6. The number of benzene rings is 2. The summed E-state index contributed by atoms with van der Waals surface area (Å²) in [4.78, 5) is 13.4. The number of hydrogen-bond donors (Lipinski definition) is 2. The van der Waals surface area contributed by atoms with E-state index in [0.717, 1.165) is 18.4 Å². The number of hydrogen-bond acceptors (Lipinski definition) is 3. The second-order valence-corrected chi connectivity index (χ2v) is 7.64. The van der Waals surface area contributed by atoms with Gasteiger partial charge in [-0.1, -0.05) is 48.5 Å². The summed E-state index contributed by atoms with van der Waals surface area (Å²) in [5, 5.41) is 3.07. The second-order valence-electron chi connectivity index (χ2n) is 6.10. The maximum atomic E-state index is 12.2. The maximum absolute atomic E-state index is 12.2. The van der Waals surface area contributed by atoms with Crippen molar-refractivity contribution in [1.82, 2.24) is 5.32 Å². The summed E-state index contributed by atoms with van der Waals surface area (Å²) in [6, 6.07) is 19.9. The van der Waals surface area contributed by atoms with Gasteiger partial charge >= 0.3 is 0 Å². The van der Waals surface area contributed by atoms with E-state index in [4.69, 9.17) is 5.73 Å². The Balaban J connectivity index is 1.47. The van der Waals surface area contributed by atoms with Crippen molar-refractivity contribution in [2.75, 3.05) is 6.54 Å². The Morgan fingerprint density at radius 3 is 2.30 bits per heavy atom. The molecule has 120 valence electrons. The monoisotopic (exact) mass is 326 g/mol. The third-order valence-electron chi connectivity index (χ3n) is 4.13. The summed E-state index contributed by atoms with van der Waals surface area (Å²) in [6.07, 6.45) is 2.63. The van der Waals surface area contributed by atoms with Crippen LogP contribution in [0.1, 0.15) is 30.9 Å². The number of amides is 1. The Morgan fingerprint density at radius 2 is 1.70 bits per heavy atom. The third-order valence-corrected chi connectivity index (χ3v) is 5.62. The second kappa shape index (κ2) is 7.20. The zero-order valence-corrected chi connectivity index (χ0v) is 13.9. The van der Waals surface area contributed by atoms with Gasteiger partial charge in [0.15, 0.2) is 0 Å². The Labute approximate surface area is 141 Å². The van der Waals surface area contributed by atoms with Crippen molar-refractivity contribution in [3.05, 3.63) is 66.2 Å². The molecule has 1 saturated carbocycles. The smallest absolute Gasteiger partial charge is 0.221 e. The molecule has 0 aliphatic heterocycles. The average Bonchev–Trinajstić information content (AvgIpc) is 3.35. The van der Waals surface area contributed by atoms with E-state index < -0.39 is 0 Å². The largest absolute Gasteiger partial charge is 0.355 e. The van der Waals surface area contributed by atoms with Crippen LogP contribution in [0, 0.1) is 0 Å². The van der Waals surface area contributed by atoms with Crippen LogP contribution in [0.4, 0.5) is 0 Å². The highest BCUT2D eigenvalue weighted by atomic mass is 32.2. The molecule has 2 aromatic rings. The average molecular weight is 326 g/mol. The SMILES string of the molecule is NC(CC(=O)NCC1(Sc2ccccc2)CC1)c1ccccc1. The first-order valence-electron chi connectivity index (χ1n) is 7.98. The molecule has 2 aromatic carbocycles. The summed E-state index contributed by atoms with van der Waals surface area (Å²) in [7, 11) is 0. The molecule has 0 spiro atoms. The fraction of sp³-hybridized carbons (Fsp3) is 0.316. The molecule has 0 aromatic heterocycles. The minimum absolute atomic E-state index is 0.0290. The van der Waals surface area contributed by atoms with Gasteiger partial charge in [0.05, 0.1) is 0 Å². The predicted molar refractivity (Wildman–Crippen MR) is 95.3 cm³/mol. The van der Waals surface area contributed by atoms with Crippen LogP contribution >= 0.6 is 11.8 Å². The van der Waals surface area contributed by atoms with Crippen molar-refractivity contribution < 1.29 is 4.79 Å². The molecule has 3 rings (SSSR count). The summed E-state index contributed by atoms with van der Waals surface area (Å²) in [5.74, 6) is 0.0290. The zero-order chi connectivity index (χ0) is 16.1. The Hall–Kier alpha value is -1.78. The molecule has 1 aliphatic rings. The molecule has 3 nitrogen and oxygen atoms in total. The van der Waals surface area contributed by atoms with Crippen molar-refractivity contribution >= 4 is 17.7 Å². The van der Waals surface area contributed by atoms with Gasteiger partial charge in [-0.3, -0.25) is 4.79 Å². The summed E-state index contributed by atoms with van der Waals surface area (Å²) in [5.41, 5.74) is 7.11. The van der Waals surface area contributed by atoms with Crippen LogP contribution in [0.25, 0.3) is 0 Å². The van der Waals surface area contributed by atoms with Crippen LogP contribution in [0.15, 0.2) is 65.6 Å². The molecule has 1 amide bonds. The molecule has 3 N–H and O–H groups in total. The third kappa shape index (κ3) is 4.60. The Kier molecular flexibility index (Phi) is 5.03. The number of thioether (sulfide) groups is 1. The molecule has 0 saturated heterocycles. The first-order chi connectivity index (χ1) is 11.2. The van der Waals surface area contributed by atoms with Gasteiger partial charge in [-0.05, 0) is 30.5 Å². The fourth-order valence-corrected chi connectivity index (χ4v) is 3.79. The molecule has 23 heavy (non-hydrogen) atoms. The minimum atomic E-state index is -0.242. The first kappa shape index (κ1) is 16.1. The highest BCUT2D eigenvalue weighted by Crippen LogP contribution is 2.51. The molecule has 1 fully saturated rings. The highest BCUT2D eigenvalue weighted by Gasteiger charge is 2.43. The van der Waals surface area contributed by atoms with Crippen molar-refractivity contribution in [1.29, 1.82) is 0 Å². The van der Waals surface area contributed by atoms with E-state index >= 15 is 0 Å². The van der Waals surface area contributed by atoms with Crippen molar-refractivity contribution in [2.45, 2.75) is 34.9 Å². The van der Waals surface area contributed by atoms with Crippen molar-refractivity contribution in [3.8, 4) is 0 Å². The standard InChI is InChI=1S/C19H22N2OS/c20-17(15-7-3-1-4-8-15)13-18(22)21-14-19(11-12-19)23-16-9-5-2-6-10-16/h1-10,17H,11-14,20H2,(H,21,22). The van der Waals surface area contributed by atoms with Gasteiger partial charge < -0.3 is 11.1 Å². The lowest BCUT2D eigenvalue weighted by atomic mass is 10.0. The quantitative estimate of drug-likeness (QED) is 0.818. The van der Waals surface area contributed by atoms with Gasteiger partial charge in [0.2, 0.25) is 5.91 Å². The molecule has 1 aliphatic carbocycles. The summed E-state index contributed by atoms with van der Waals surface area (Å²) in [6.45, 7) is 0.715. The molecular weight excluding hydrogens is 304 g/mol. The molecular formula is C19H22N2OS. The van der Waals surface area contributed by atoms with Gasteiger partial charge in [-0.2, -0.15) is 0 Å². The summed E-state index contributed by atoms with van der Waals surface area (Å²) < 4.78 is 0.174. The number of rotatable bonds is 7. The van der Waals surface area contributed by atoms with E-state index in [2.05, 4.69) is 29.6 Å². The lowest BCUT2D eigenvalue weighted by molar-refractivity contribution is -0.121. The van der Waals surface area contributed by atoms with Crippen molar-refractivity contribution in [3.63, 3.8) is 0 Å². The van der Waals surface area contributed by atoms with Crippen molar-refractivity contribution in [2.24, 2.45) is 5.73 Å². The molecule has 0 bridgehead atoms. The van der Waals surface area contributed by atoms with Crippen LogP contribution in [0.2, 0.25) is 0 Å². The predicted octanol–water partition coefficient (Wildman–Crippen LogP) is 3.52. The first-order valence-corrected chi connectivity index (χ1v) is 8.80. The number of carbonyl (C=O) groups is 1.